The molecule has 1 unspecified atom stereocenters. The van der Waals surface area contributed by atoms with E-state index in [0.29, 0.717) is 31.0 Å². The maximum Gasteiger partial charge on any atom is 0.319 e. The summed E-state index contributed by atoms with van der Waals surface area (Å²) >= 11 is 0. The first-order valence-corrected chi connectivity index (χ1v) is 8.78. The lowest BCUT2D eigenvalue weighted by molar-refractivity contribution is 0.0954. The normalized spacial score (nSPS) is 16.1. The number of ether oxygens (including phenoxy) is 1. The molecule has 2 aromatic carbocycles. The van der Waals surface area contributed by atoms with E-state index in [1.54, 1.807) is 24.3 Å². The molecule has 0 saturated carbocycles. The maximum atomic E-state index is 12.2. The molecule has 3 rings (SSSR count). The van der Waals surface area contributed by atoms with Gasteiger partial charge in [-0.25, -0.2) is 4.79 Å². The monoisotopic (exact) mass is 353 g/mol. The van der Waals surface area contributed by atoms with E-state index >= 15 is 0 Å². The minimum absolute atomic E-state index is 0.0599. The summed E-state index contributed by atoms with van der Waals surface area (Å²) in [6.07, 6.45) is 1.62. The first kappa shape index (κ1) is 17.9. The fourth-order valence-electron chi connectivity index (χ4n) is 2.77. The zero-order valence-corrected chi connectivity index (χ0v) is 14.5. The van der Waals surface area contributed by atoms with Crippen LogP contribution < -0.4 is 16.0 Å². The topological polar surface area (TPSA) is 79.5 Å². The van der Waals surface area contributed by atoms with E-state index in [-0.39, 0.29) is 18.0 Å². The van der Waals surface area contributed by atoms with Crippen LogP contribution in [0.1, 0.15) is 22.3 Å². The number of benzene rings is 2. The van der Waals surface area contributed by atoms with Crippen molar-refractivity contribution >= 4 is 17.6 Å². The average Bonchev–Trinajstić information content (AvgIpc) is 3.16. The molecule has 0 radical (unpaired) electrons. The molecule has 0 aromatic heterocycles. The molecule has 3 N–H and O–H groups in total. The van der Waals surface area contributed by atoms with Gasteiger partial charge < -0.3 is 20.7 Å². The molecule has 6 nitrogen and oxygen atoms in total. The van der Waals surface area contributed by atoms with Crippen LogP contribution in [-0.2, 0) is 11.2 Å². The van der Waals surface area contributed by atoms with Crippen molar-refractivity contribution in [3.63, 3.8) is 0 Å². The Kier molecular flexibility index (Phi) is 6.22. The lowest BCUT2D eigenvalue weighted by Crippen LogP contribution is -2.38. The second-order valence-corrected chi connectivity index (χ2v) is 6.23. The van der Waals surface area contributed by atoms with E-state index in [2.05, 4.69) is 16.0 Å². The Morgan fingerprint density at radius 1 is 1.04 bits per heavy atom. The molecule has 26 heavy (non-hydrogen) atoms. The minimum atomic E-state index is -0.263. The average molecular weight is 353 g/mol. The zero-order valence-electron chi connectivity index (χ0n) is 14.5. The molecule has 3 amide bonds. The van der Waals surface area contributed by atoms with Crippen molar-refractivity contribution < 1.29 is 14.3 Å². The standard InChI is InChI=1S/C20H23N3O3/c24-19(21-12-10-15-4-2-1-3-5-15)16-6-8-17(9-7-16)22-20(25)23-18-11-13-26-14-18/h1-9,18H,10-14H2,(H,21,24)(H2,22,23,25). The lowest BCUT2D eigenvalue weighted by atomic mass is 10.1. The Morgan fingerprint density at radius 3 is 2.50 bits per heavy atom. The number of urea groups is 1. The third-order valence-electron chi connectivity index (χ3n) is 4.21. The number of nitrogens with one attached hydrogen (secondary N) is 3. The molecular formula is C20H23N3O3. The lowest BCUT2D eigenvalue weighted by Gasteiger charge is -2.12. The quantitative estimate of drug-likeness (QED) is 0.747. The van der Waals surface area contributed by atoms with Gasteiger partial charge in [0.1, 0.15) is 0 Å². The van der Waals surface area contributed by atoms with E-state index in [0.717, 1.165) is 12.8 Å². The van der Waals surface area contributed by atoms with Gasteiger partial charge in [-0.15, -0.1) is 0 Å². The smallest absolute Gasteiger partial charge is 0.319 e. The molecule has 136 valence electrons. The largest absolute Gasteiger partial charge is 0.379 e. The molecule has 0 spiro atoms. The summed E-state index contributed by atoms with van der Waals surface area (Å²) in [6.45, 7) is 1.81. The Hall–Kier alpha value is -2.86. The van der Waals surface area contributed by atoms with Gasteiger partial charge in [-0.1, -0.05) is 30.3 Å². The predicted molar refractivity (Wildman–Crippen MR) is 100 cm³/mol. The third kappa shape index (κ3) is 5.32. The molecular weight excluding hydrogens is 330 g/mol. The van der Waals surface area contributed by atoms with Crippen LogP contribution in [0, 0.1) is 0 Å². The number of rotatable bonds is 6. The van der Waals surface area contributed by atoms with Crippen molar-refractivity contribution in [3.8, 4) is 0 Å². The van der Waals surface area contributed by atoms with Crippen molar-refractivity contribution in [3.05, 3.63) is 65.7 Å². The van der Waals surface area contributed by atoms with Crippen LogP contribution in [0.2, 0.25) is 0 Å². The van der Waals surface area contributed by atoms with Gasteiger partial charge in [0.15, 0.2) is 0 Å². The summed E-state index contributed by atoms with van der Waals surface area (Å²) in [4.78, 5) is 24.1. The second-order valence-electron chi connectivity index (χ2n) is 6.23. The molecule has 1 fully saturated rings. The van der Waals surface area contributed by atoms with Crippen molar-refractivity contribution in [2.45, 2.75) is 18.9 Å². The molecule has 1 saturated heterocycles. The Labute approximate surface area is 152 Å². The fraction of sp³-hybridized carbons (Fsp3) is 0.300. The molecule has 1 atom stereocenters. The molecule has 1 aliphatic heterocycles. The van der Waals surface area contributed by atoms with Crippen LogP contribution >= 0.6 is 0 Å². The van der Waals surface area contributed by atoms with Crippen molar-refractivity contribution in [2.75, 3.05) is 25.1 Å². The highest BCUT2D eigenvalue weighted by Crippen LogP contribution is 2.10. The number of carbonyl (C=O) groups excluding carboxylic acids is 2. The van der Waals surface area contributed by atoms with Gasteiger partial charge in [0.05, 0.1) is 12.6 Å². The van der Waals surface area contributed by atoms with Crippen molar-refractivity contribution in [1.82, 2.24) is 10.6 Å². The Bertz CT molecular complexity index is 726. The molecule has 6 heteroatoms. The van der Waals surface area contributed by atoms with E-state index < -0.39 is 0 Å². The molecule has 0 bridgehead atoms. The van der Waals surface area contributed by atoms with E-state index in [1.807, 2.05) is 30.3 Å². The Morgan fingerprint density at radius 2 is 1.81 bits per heavy atom. The summed E-state index contributed by atoms with van der Waals surface area (Å²) < 4.78 is 5.22. The molecule has 2 aromatic rings. The number of carbonyl (C=O) groups is 2. The number of anilines is 1. The fourth-order valence-corrected chi connectivity index (χ4v) is 2.77. The van der Waals surface area contributed by atoms with Crippen LogP contribution in [0.25, 0.3) is 0 Å². The van der Waals surface area contributed by atoms with E-state index in [4.69, 9.17) is 4.74 Å². The van der Waals surface area contributed by atoms with Gasteiger partial charge in [-0.05, 0) is 42.7 Å². The van der Waals surface area contributed by atoms with Crippen molar-refractivity contribution in [2.24, 2.45) is 0 Å². The van der Waals surface area contributed by atoms with Gasteiger partial charge in [0.2, 0.25) is 0 Å². The van der Waals surface area contributed by atoms with E-state index in [1.165, 1.54) is 5.56 Å². The van der Waals surface area contributed by atoms with Gasteiger partial charge >= 0.3 is 6.03 Å². The molecule has 0 aliphatic carbocycles. The number of hydrogen-bond donors (Lipinski definition) is 3. The third-order valence-corrected chi connectivity index (χ3v) is 4.21. The number of hydrogen-bond acceptors (Lipinski definition) is 3. The first-order valence-electron chi connectivity index (χ1n) is 8.78. The SMILES string of the molecule is O=C(Nc1ccc(C(=O)NCCc2ccccc2)cc1)NC1CCOC1. The van der Waals surface area contributed by atoms with Crippen molar-refractivity contribution in [1.29, 1.82) is 0 Å². The second kappa shape index (κ2) is 9.01. The van der Waals surface area contributed by atoms with Crippen LogP contribution in [0.5, 0.6) is 0 Å². The zero-order chi connectivity index (χ0) is 18.2. The summed E-state index contributed by atoms with van der Waals surface area (Å²) in [7, 11) is 0. The minimum Gasteiger partial charge on any atom is -0.379 e. The Balaban J connectivity index is 1.44. The number of amides is 3. The van der Waals surface area contributed by atoms with Crippen LogP contribution in [0.4, 0.5) is 10.5 Å². The summed E-state index contributed by atoms with van der Waals surface area (Å²) in [6, 6.07) is 16.7. The highest BCUT2D eigenvalue weighted by Gasteiger charge is 2.17. The van der Waals surface area contributed by atoms with Crippen LogP contribution in [0.3, 0.4) is 0 Å². The first-order chi connectivity index (χ1) is 12.7. The summed E-state index contributed by atoms with van der Waals surface area (Å²) in [5.41, 5.74) is 2.39. The van der Waals surface area contributed by atoms with Crippen LogP contribution in [-0.4, -0.2) is 37.7 Å². The van der Waals surface area contributed by atoms with Gasteiger partial charge in [-0.3, -0.25) is 4.79 Å². The summed E-state index contributed by atoms with van der Waals surface area (Å²) in [5, 5.41) is 8.52. The predicted octanol–water partition coefficient (Wildman–Crippen LogP) is 2.57. The summed E-state index contributed by atoms with van der Waals surface area (Å²) in [5.74, 6) is -0.125. The maximum absolute atomic E-state index is 12.2. The van der Waals surface area contributed by atoms with Crippen LogP contribution in [0.15, 0.2) is 54.6 Å². The van der Waals surface area contributed by atoms with Gasteiger partial charge in [0.25, 0.3) is 5.91 Å². The highest BCUT2D eigenvalue weighted by molar-refractivity contribution is 5.95. The van der Waals surface area contributed by atoms with Gasteiger partial charge in [0, 0.05) is 24.4 Å². The van der Waals surface area contributed by atoms with Gasteiger partial charge in [-0.2, -0.15) is 0 Å². The molecule has 1 heterocycles. The molecule has 1 aliphatic rings. The highest BCUT2D eigenvalue weighted by atomic mass is 16.5. The van der Waals surface area contributed by atoms with E-state index in [9.17, 15) is 9.59 Å².